The van der Waals surface area contributed by atoms with E-state index in [1.54, 1.807) is 7.11 Å². The van der Waals surface area contributed by atoms with Crippen molar-refractivity contribution in [2.24, 2.45) is 0 Å². The third kappa shape index (κ3) is 3.70. The van der Waals surface area contributed by atoms with E-state index in [2.05, 4.69) is 21.2 Å². The molecule has 0 saturated heterocycles. The summed E-state index contributed by atoms with van der Waals surface area (Å²) < 4.78 is 10.7. The highest BCUT2D eigenvalue weighted by molar-refractivity contribution is 9.09. The molecule has 1 aromatic carbocycles. The molecule has 1 aliphatic heterocycles. The number of hydrogen-bond acceptors (Lipinski definition) is 3. The molecule has 2 atom stereocenters. The van der Waals surface area contributed by atoms with Gasteiger partial charge in [-0.1, -0.05) is 34.1 Å². The van der Waals surface area contributed by atoms with Gasteiger partial charge in [0.2, 0.25) is 0 Å². The summed E-state index contributed by atoms with van der Waals surface area (Å²) in [5.74, 6) is 0.756. The number of ether oxygens (including phenoxy) is 2. The summed E-state index contributed by atoms with van der Waals surface area (Å²) in [6, 6.07) is 7.84. The van der Waals surface area contributed by atoms with E-state index in [0.29, 0.717) is 18.4 Å². The molecule has 104 valence electrons. The fourth-order valence-corrected chi connectivity index (χ4v) is 2.56. The Labute approximate surface area is 121 Å². The molecule has 1 heterocycles. The molecular weight excluding hydrogens is 310 g/mol. The SMILES string of the molecule is COCCC(CBr)NC(=O)C1Cc2ccccc2O1. The van der Waals surface area contributed by atoms with Crippen LogP contribution >= 0.6 is 15.9 Å². The zero-order chi connectivity index (χ0) is 13.7. The lowest BCUT2D eigenvalue weighted by molar-refractivity contribution is -0.127. The van der Waals surface area contributed by atoms with Gasteiger partial charge in [-0.3, -0.25) is 4.79 Å². The molecule has 0 aliphatic carbocycles. The Hall–Kier alpha value is -1.07. The number of hydrogen-bond donors (Lipinski definition) is 1. The van der Waals surface area contributed by atoms with Gasteiger partial charge in [0.25, 0.3) is 5.91 Å². The Bertz CT molecular complexity index is 413. The molecule has 1 aromatic rings. The lowest BCUT2D eigenvalue weighted by Gasteiger charge is -2.18. The molecule has 0 saturated carbocycles. The van der Waals surface area contributed by atoms with Crippen molar-refractivity contribution in [2.45, 2.75) is 25.0 Å². The van der Waals surface area contributed by atoms with Gasteiger partial charge in [-0.2, -0.15) is 0 Å². The predicted octanol–water partition coefficient (Wildman–Crippen LogP) is 1.91. The number of halogens is 1. The van der Waals surface area contributed by atoms with Crippen molar-refractivity contribution in [3.05, 3.63) is 29.8 Å². The average Bonchev–Trinajstić information content (AvgIpc) is 2.87. The zero-order valence-electron chi connectivity index (χ0n) is 10.9. The zero-order valence-corrected chi connectivity index (χ0v) is 12.5. The van der Waals surface area contributed by atoms with Crippen LogP contribution < -0.4 is 10.1 Å². The van der Waals surface area contributed by atoms with Crippen LogP contribution in [0.2, 0.25) is 0 Å². The van der Waals surface area contributed by atoms with Gasteiger partial charge in [-0.25, -0.2) is 0 Å². The number of nitrogens with one attached hydrogen (secondary N) is 1. The number of rotatable bonds is 6. The molecule has 0 bridgehead atoms. The Kier molecular flexibility index (Phi) is 5.22. The average molecular weight is 328 g/mol. The second-order valence-electron chi connectivity index (χ2n) is 4.56. The van der Waals surface area contributed by atoms with Gasteiger partial charge in [0.05, 0.1) is 0 Å². The van der Waals surface area contributed by atoms with Gasteiger partial charge >= 0.3 is 0 Å². The van der Waals surface area contributed by atoms with E-state index in [9.17, 15) is 4.79 Å². The summed E-state index contributed by atoms with van der Waals surface area (Å²) in [5.41, 5.74) is 1.09. The van der Waals surface area contributed by atoms with E-state index in [1.807, 2.05) is 24.3 Å². The predicted molar refractivity (Wildman–Crippen MR) is 76.8 cm³/mol. The quantitative estimate of drug-likeness (QED) is 0.812. The van der Waals surface area contributed by atoms with Gasteiger partial charge < -0.3 is 14.8 Å². The smallest absolute Gasteiger partial charge is 0.261 e. The molecule has 1 N–H and O–H groups in total. The second-order valence-corrected chi connectivity index (χ2v) is 5.21. The first kappa shape index (κ1) is 14.3. The van der Waals surface area contributed by atoms with Crippen molar-refractivity contribution in [2.75, 3.05) is 19.0 Å². The minimum Gasteiger partial charge on any atom is -0.480 e. The minimum absolute atomic E-state index is 0.0586. The van der Waals surface area contributed by atoms with Gasteiger partial charge in [-0.15, -0.1) is 0 Å². The standard InChI is InChI=1S/C14H18BrNO3/c1-18-7-6-11(9-15)16-14(17)13-8-10-4-2-3-5-12(10)19-13/h2-5,11,13H,6-9H2,1H3,(H,16,17). The molecule has 2 rings (SSSR count). The number of benzene rings is 1. The highest BCUT2D eigenvalue weighted by Crippen LogP contribution is 2.28. The number of fused-ring (bicyclic) bond motifs is 1. The molecule has 0 aromatic heterocycles. The van der Waals surface area contributed by atoms with E-state index >= 15 is 0 Å². The number of carbonyl (C=O) groups excluding carboxylic acids is 1. The van der Waals surface area contributed by atoms with Gasteiger partial charge in [0.1, 0.15) is 5.75 Å². The molecule has 0 fully saturated rings. The molecule has 1 aliphatic rings. The van der Waals surface area contributed by atoms with Crippen molar-refractivity contribution in [1.82, 2.24) is 5.32 Å². The summed E-state index contributed by atoms with van der Waals surface area (Å²) in [7, 11) is 1.66. The third-order valence-corrected chi connectivity index (χ3v) is 3.92. The molecular formula is C14H18BrNO3. The minimum atomic E-state index is -0.415. The Morgan fingerprint density at radius 1 is 1.58 bits per heavy atom. The lowest BCUT2D eigenvalue weighted by atomic mass is 10.1. The van der Waals surface area contributed by atoms with Crippen LogP contribution in [-0.2, 0) is 16.0 Å². The summed E-state index contributed by atoms with van der Waals surface area (Å²) in [6.45, 7) is 0.627. The maximum Gasteiger partial charge on any atom is 0.261 e. The number of para-hydroxylation sites is 1. The number of carbonyl (C=O) groups is 1. The topological polar surface area (TPSA) is 47.6 Å². The second kappa shape index (κ2) is 6.91. The normalized spacial score (nSPS) is 18.5. The van der Waals surface area contributed by atoms with Crippen LogP contribution in [0.4, 0.5) is 0 Å². The van der Waals surface area contributed by atoms with E-state index in [0.717, 1.165) is 17.7 Å². The first-order valence-corrected chi connectivity index (χ1v) is 7.46. The monoisotopic (exact) mass is 327 g/mol. The van der Waals surface area contributed by atoms with Crippen LogP contribution in [0.3, 0.4) is 0 Å². The van der Waals surface area contributed by atoms with Crippen LogP contribution in [0.5, 0.6) is 5.75 Å². The molecule has 2 unspecified atom stereocenters. The lowest BCUT2D eigenvalue weighted by Crippen LogP contribution is -2.44. The summed E-state index contributed by atoms with van der Waals surface area (Å²) in [4.78, 5) is 12.1. The number of methoxy groups -OCH3 is 1. The Morgan fingerprint density at radius 2 is 2.37 bits per heavy atom. The van der Waals surface area contributed by atoms with Crippen molar-refractivity contribution in [3.63, 3.8) is 0 Å². The largest absolute Gasteiger partial charge is 0.480 e. The fourth-order valence-electron chi connectivity index (χ4n) is 2.07. The van der Waals surface area contributed by atoms with Crippen LogP contribution in [-0.4, -0.2) is 37.1 Å². The van der Waals surface area contributed by atoms with Crippen LogP contribution in [0.25, 0.3) is 0 Å². The third-order valence-electron chi connectivity index (χ3n) is 3.14. The van der Waals surface area contributed by atoms with Crippen molar-refractivity contribution in [3.8, 4) is 5.75 Å². The fraction of sp³-hybridized carbons (Fsp3) is 0.500. The van der Waals surface area contributed by atoms with E-state index in [4.69, 9.17) is 9.47 Å². The van der Waals surface area contributed by atoms with E-state index < -0.39 is 6.10 Å². The Morgan fingerprint density at radius 3 is 3.05 bits per heavy atom. The molecule has 4 nitrogen and oxygen atoms in total. The maximum absolute atomic E-state index is 12.1. The first-order chi connectivity index (χ1) is 9.24. The summed E-state index contributed by atoms with van der Waals surface area (Å²) in [6.07, 6.45) is 1.01. The van der Waals surface area contributed by atoms with Crippen molar-refractivity contribution in [1.29, 1.82) is 0 Å². The van der Waals surface area contributed by atoms with Gasteiger partial charge in [-0.05, 0) is 18.1 Å². The maximum atomic E-state index is 12.1. The highest BCUT2D eigenvalue weighted by atomic mass is 79.9. The van der Waals surface area contributed by atoms with Crippen molar-refractivity contribution < 1.29 is 14.3 Å². The molecule has 5 heteroatoms. The van der Waals surface area contributed by atoms with Crippen LogP contribution in [0.1, 0.15) is 12.0 Å². The number of alkyl halides is 1. The Balaban J connectivity index is 1.88. The van der Waals surface area contributed by atoms with Gasteiger partial charge in [0, 0.05) is 31.5 Å². The van der Waals surface area contributed by atoms with Gasteiger partial charge in [0.15, 0.2) is 6.10 Å². The molecule has 1 amide bonds. The summed E-state index contributed by atoms with van der Waals surface area (Å²) in [5, 5.41) is 3.70. The van der Waals surface area contributed by atoms with Crippen LogP contribution in [0.15, 0.2) is 24.3 Å². The molecule has 0 radical (unpaired) electrons. The van der Waals surface area contributed by atoms with Crippen LogP contribution in [0, 0.1) is 0 Å². The molecule has 19 heavy (non-hydrogen) atoms. The highest BCUT2D eigenvalue weighted by Gasteiger charge is 2.29. The number of amides is 1. The summed E-state index contributed by atoms with van der Waals surface area (Å²) >= 11 is 3.40. The van der Waals surface area contributed by atoms with Crippen molar-refractivity contribution >= 4 is 21.8 Å². The van der Waals surface area contributed by atoms with E-state index in [1.165, 1.54) is 0 Å². The first-order valence-electron chi connectivity index (χ1n) is 6.34. The molecule has 0 spiro atoms. The van der Waals surface area contributed by atoms with E-state index in [-0.39, 0.29) is 11.9 Å².